The first-order valence-corrected chi connectivity index (χ1v) is 8.56. The number of fused-ring (bicyclic) bond motifs is 1. The van der Waals surface area contributed by atoms with Crippen molar-refractivity contribution in [3.05, 3.63) is 53.2 Å². The van der Waals surface area contributed by atoms with E-state index in [2.05, 4.69) is 21.5 Å². The number of benzene rings is 1. The maximum absolute atomic E-state index is 12.7. The zero-order valence-corrected chi connectivity index (χ0v) is 15.4. The number of carbonyl (C=O) groups is 1. The van der Waals surface area contributed by atoms with Crippen LogP contribution in [0.5, 0.6) is 0 Å². The molecule has 1 N–H and O–H groups in total. The summed E-state index contributed by atoms with van der Waals surface area (Å²) in [6.45, 7) is 5.13. The summed E-state index contributed by atoms with van der Waals surface area (Å²) in [5.74, 6) is -0.501. The lowest BCUT2D eigenvalue weighted by molar-refractivity contribution is -0.123. The number of amides is 1. The standard InChI is InChI=1S/C19H20N6O2/c1-13(2)19(3,11-20)23-16(26)10-24-12-21-17-15(18(24)27)9-22-25(17)14-7-5-4-6-8-14/h4-9,12-13H,10H2,1-3H3,(H,23,26)/t19-/m0/s1. The second kappa shape index (κ2) is 7.03. The van der Waals surface area contributed by atoms with Crippen LogP contribution in [0.15, 0.2) is 47.7 Å². The molecule has 0 aliphatic rings. The van der Waals surface area contributed by atoms with Crippen molar-refractivity contribution in [2.45, 2.75) is 32.9 Å². The van der Waals surface area contributed by atoms with Gasteiger partial charge in [-0.1, -0.05) is 32.0 Å². The molecular formula is C19H20N6O2. The van der Waals surface area contributed by atoms with Gasteiger partial charge in [-0.15, -0.1) is 0 Å². The molecule has 0 bridgehead atoms. The fraction of sp³-hybridized carbons (Fsp3) is 0.316. The third-order valence-corrected chi connectivity index (χ3v) is 4.66. The predicted octanol–water partition coefficient (Wildman–Crippen LogP) is 1.64. The Morgan fingerprint density at radius 1 is 1.33 bits per heavy atom. The van der Waals surface area contributed by atoms with E-state index in [9.17, 15) is 14.9 Å². The summed E-state index contributed by atoms with van der Waals surface area (Å²) in [6, 6.07) is 11.5. The summed E-state index contributed by atoms with van der Waals surface area (Å²) in [5.41, 5.74) is -0.153. The molecule has 0 aliphatic carbocycles. The van der Waals surface area contributed by atoms with E-state index < -0.39 is 11.4 Å². The van der Waals surface area contributed by atoms with Gasteiger partial charge in [-0.3, -0.25) is 14.2 Å². The van der Waals surface area contributed by atoms with Gasteiger partial charge in [-0.05, 0) is 25.0 Å². The molecule has 1 amide bonds. The summed E-state index contributed by atoms with van der Waals surface area (Å²) in [4.78, 5) is 29.3. The second-order valence-electron chi connectivity index (χ2n) is 6.82. The van der Waals surface area contributed by atoms with Crippen LogP contribution in [-0.4, -0.2) is 30.8 Å². The van der Waals surface area contributed by atoms with Crippen LogP contribution in [0.1, 0.15) is 20.8 Å². The van der Waals surface area contributed by atoms with Gasteiger partial charge in [0.25, 0.3) is 5.56 Å². The van der Waals surface area contributed by atoms with Gasteiger partial charge in [0.1, 0.15) is 23.8 Å². The molecule has 1 atom stereocenters. The molecule has 3 aromatic rings. The molecule has 0 fully saturated rings. The normalized spacial score (nSPS) is 13.3. The van der Waals surface area contributed by atoms with E-state index in [4.69, 9.17) is 0 Å². The van der Waals surface area contributed by atoms with Gasteiger partial charge in [0.15, 0.2) is 5.65 Å². The van der Waals surface area contributed by atoms with Crippen LogP contribution < -0.4 is 10.9 Å². The third kappa shape index (κ3) is 3.44. The number of nitrogens with one attached hydrogen (secondary N) is 1. The molecule has 3 rings (SSSR count). The second-order valence-corrected chi connectivity index (χ2v) is 6.82. The van der Waals surface area contributed by atoms with E-state index in [0.717, 1.165) is 5.69 Å². The number of rotatable bonds is 5. The van der Waals surface area contributed by atoms with Crippen LogP contribution in [0, 0.1) is 17.2 Å². The average Bonchev–Trinajstić information content (AvgIpc) is 3.09. The number of para-hydroxylation sites is 1. The number of nitriles is 1. The maximum atomic E-state index is 12.7. The lowest BCUT2D eigenvalue weighted by Gasteiger charge is -2.27. The quantitative estimate of drug-likeness (QED) is 0.741. The molecular weight excluding hydrogens is 344 g/mol. The Morgan fingerprint density at radius 2 is 2.04 bits per heavy atom. The largest absolute Gasteiger partial charge is 0.336 e. The molecule has 0 unspecified atom stereocenters. The highest BCUT2D eigenvalue weighted by Gasteiger charge is 2.30. The van der Waals surface area contributed by atoms with Crippen molar-refractivity contribution >= 4 is 16.9 Å². The smallest absolute Gasteiger partial charge is 0.264 e. The van der Waals surface area contributed by atoms with E-state index in [1.54, 1.807) is 11.6 Å². The molecule has 2 aromatic heterocycles. The van der Waals surface area contributed by atoms with E-state index >= 15 is 0 Å². The van der Waals surface area contributed by atoms with Crippen molar-refractivity contribution in [3.63, 3.8) is 0 Å². The lowest BCUT2D eigenvalue weighted by Crippen LogP contribution is -2.50. The number of hydrogen-bond acceptors (Lipinski definition) is 5. The summed E-state index contributed by atoms with van der Waals surface area (Å²) in [5, 5.41) is 16.6. The fourth-order valence-electron chi connectivity index (χ4n) is 2.60. The highest BCUT2D eigenvalue weighted by molar-refractivity contribution is 5.78. The first-order valence-electron chi connectivity index (χ1n) is 8.56. The summed E-state index contributed by atoms with van der Waals surface area (Å²) in [6.07, 6.45) is 2.77. The van der Waals surface area contributed by atoms with Crippen molar-refractivity contribution in [1.29, 1.82) is 5.26 Å². The predicted molar refractivity (Wildman–Crippen MR) is 100 cm³/mol. The monoisotopic (exact) mass is 364 g/mol. The molecule has 0 aliphatic heterocycles. The van der Waals surface area contributed by atoms with Gasteiger partial charge < -0.3 is 5.32 Å². The molecule has 138 valence electrons. The van der Waals surface area contributed by atoms with Gasteiger partial charge in [0, 0.05) is 0 Å². The first-order chi connectivity index (χ1) is 12.9. The highest BCUT2D eigenvalue weighted by Crippen LogP contribution is 2.15. The molecule has 0 spiro atoms. The third-order valence-electron chi connectivity index (χ3n) is 4.66. The van der Waals surface area contributed by atoms with Crippen molar-refractivity contribution < 1.29 is 4.79 Å². The van der Waals surface area contributed by atoms with Crippen LogP contribution in [0.25, 0.3) is 16.7 Å². The number of carbonyl (C=O) groups excluding carboxylic acids is 1. The minimum Gasteiger partial charge on any atom is -0.336 e. The van der Waals surface area contributed by atoms with Crippen molar-refractivity contribution in [2.75, 3.05) is 0 Å². The Hall–Kier alpha value is -3.47. The zero-order chi connectivity index (χ0) is 19.6. The van der Waals surface area contributed by atoms with Crippen LogP contribution in [0.2, 0.25) is 0 Å². The summed E-state index contributed by atoms with van der Waals surface area (Å²) in [7, 11) is 0. The Balaban J connectivity index is 1.90. The van der Waals surface area contributed by atoms with Crippen LogP contribution in [0.4, 0.5) is 0 Å². The molecule has 0 saturated heterocycles. The lowest BCUT2D eigenvalue weighted by atomic mass is 9.90. The van der Waals surface area contributed by atoms with Gasteiger partial charge in [-0.2, -0.15) is 10.4 Å². The van der Waals surface area contributed by atoms with E-state index in [0.29, 0.717) is 11.0 Å². The van der Waals surface area contributed by atoms with Crippen molar-refractivity contribution in [1.82, 2.24) is 24.6 Å². The van der Waals surface area contributed by atoms with E-state index in [1.807, 2.05) is 44.2 Å². The van der Waals surface area contributed by atoms with E-state index in [-0.39, 0.29) is 18.0 Å². The molecule has 0 saturated carbocycles. The van der Waals surface area contributed by atoms with Gasteiger partial charge in [-0.25, -0.2) is 9.67 Å². The molecule has 2 heterocycles. The van der Waals surface area contributed by atoms with Gasteiger partial charge in [0.2, 0.25) is 5.91 Å². The maximum Gasteiger partial charge on any atom is 0.264 e. The SMILES string of the molecule is CC(C)[C@](C)(C#N)NC(=O)Cn1cnc2c(cnn2-c2ccccc2)c1=O. The summed E-state index contributed by atoms with van der Waals surface area (Å²) >= 11 is 0. The fourth-order valence-corrected chi connectivity index (χ4v) is 2.60. The Bertz CT molecular complexity index is 1080. The average molecular weight is 364 g/mol. The van der Waals surface area contributed by atoms with Crippen LogP contribution >= 0.6 is 0 Å². The van der Waals surface area contributed by atoms with Crippen molar-refractivity contribution in [3.8, 4) is 11.8 Å². The number of aromatic nitrogens is 4. The first kappa shape index (κ1) is 18.3. The van der Waals surface area contributed by atoms with Crippen LogP contribution in [-0.2, 0) is 11.3 Å². The molecule has 0 radical (unpaired) electrons. The number of nitrogens with zero attached hydrogens (tertiary/aromatic N) is 5. The summed E-state index contributed by atoms with van der Waals surface area (Å²) < 4.78 is 2.79. The minimum absolute atomic E-state index is 0.0760. The van der Waals surface area contributed by atoms with Gasteiger partial charge >= 0.3 is 0 Å². The Morgan fingerprint density at radius 3 is 2.67 bits per heavy atom. The Kier molecular flexibility index (Phi) is 4.77. The van der Waals surface area contributed by atoms with Crippen LogP contribution in [0.3, 0.4) is 0 Å². The van der Waals surface area contributed by atoms with E-state index in [1.165, 1.54) is 17.1 Å². The van der Waals surface area contributed by atoms with Crippen molar-refractivity contribution in [2.24, 2.45) is 5.92 Å². The molecule has 8 heteroatoms. The van der Waals surface area contributed by atoms with Gasteiger partial charge in [0.05, 0.1) is 18.0 Å². The zero-order valence-electron chi connectivity index (χ0n) is 15.4. The Labute approximate surface area is 156 Å². The number of hydrogen-bond donors (Lipinski definition) is 1. The topological polar surface area (TPSA) is 106 Å². The minimum atomic E-state index is -1.00. The highest BCUT2D eigenvalue weighted by atomic mass is 16.2. The molecule has 1 aromatic carbocycles. The molecule has 27 heavy (non-hydrogen) atoms. The molecule has 8 nitrogen and oxygen atoms in total.